The highest BCUT2D eigenvalue weighted by Gasteiger charge is 2.36. The number of aromatic amines is 1. The normalized spacial score (nSPS) is 11.4. The van der Waals surface area contributed by atoms with Crippen molar-refractivity contribution in [2.24, 2.45) is 0 Å². The third-order valence-electron chi connectivity index (χ3n) is 0.653. The van der Waals surface area contributed by atoms with E-state index in [-0.39, 0.29) is 0 Å². The maximum atomic E-state index is 10.7. The van der Waals surface area contributed by atoms with Crippen LogP contribution in [0.4, 0.5) is 13.2 Å². The van der Waals surface area contributed by atoms with Crippen LogP contribution in [0.3, 0.4) is 0 Å². The number of halogens is 3. The van der Waals surface area contributed by atoms with Crippen molar-refractivity contribution in [3.63, 3.8) is 0 Å². The van der Waals surface area contributed by atoms with Gasteiger partial charge in [0, 0.05) is 0 Å². The van der Waals surface area contributed by atoms with E-state index in [9.17, 15) is 13.2 Å². The molecule has 0 aliphatic carbocycles. The molecule has 14 heavy (non-hydrogen) atoms. The minimum absolute atomic E-state index is 1.52. The highest BCUT2D eigenvalue weighted by Crippen LogP contribution is 2.20. The van der Waals surface area contributed by atoms with Gasteiger partial charge in [-0.15, -0.1) is 5.10 Å². The number of hydrogen-bond acceptors (Lipinski definition) is 6. The van der Waals surface area contributed by atoms with Crippen molar-refractivity contribution < 1.29 is 31.2 Å². The molecule has 0 spiro atoms. The molecule has 0 aromatic carbocycles. The zero-order chi connectivity index (χ0) is 11.2. The van der Waals surface area contributed by atoms with E-state index in [2.05, 4.69) is 20.6 Å². The third kappa shape index (κ3) is 5.31. The topological polar surface area (TPSA) is 110 Å². The fourth-order valence-electron chi connectivity index (χ4n) is 0.181. The first-order valence-electron chi connectivity index (χ1n) is 2.77. The monoisotopic (exact) mass is 232 g/mol. The van der Waals surface area contributed by atoms with Crippen molar-refractivity contribution in [3.05, 3.63) is 12.4 Å². The summed E-state index contributed by atoms with van der Waals surface area (Å²) in [5.74, 6) is 0. The highest BCUT2D eigenvalue weighted by molar-refractivity contribution is 7.86. The van der Waals surface area contributed by atoms with Crippen LogP contribution in [0.25, 0.3) is 0 Å². The molecule has 1 heterocycles. The Morgan fingerprint density at radius 3 is 1.93 bits per heavy atom. The molecule has 0 bridgehead atoms. The molecule has 1 rings (SSSR count). The van der Waals surface area contributed by atoms with Crippen molar-refractivity contribution in [2.75, 3.05) is 0 Å². The Morgan fingerprint density at radius 1 is 1.36 bits per heavy atom. The molecule has 1 aromatic rings. The lowest BCUT2D eigenvalue weighted by molar-refractivity contribution is -0.465. The average molecular weight is 232 g/mol. The zero-order valence-electron chi connectivity index (χ0n) is 6.26. The van der Waals surface area contributed by atoms with Gasteiger partial charge >= 0.3 is 5.51 Å². The van der Waals surface area contributed by atoms with E-state index >= 15 is 0 Å². The van der Waals surface area contributed by atoms with Gasteiger partial charge in [-0.3, -0.25) is 0 Å². The summed E-state index contributed by atoms with van der Waals surface area (Å²) in [4.78, 5) is 0. The summed E-state index contributed by atoms with van der Waals surface area (Å²) in [6.45, 7) is 0. The summed E-state index contributed by atoms with van der Waals surface area (Å²) in [5.41, 5.74) is -5.65. The van der Waals surface area contributed by atoms with Gasteiger partial charge in [0.1, 0.15) is 12.4 Å². The molecule has 11 heteroatoms. The molecule has 0 unspecified atom stereocenters. The van der Waals surface area contributed by atoms with Gasteiger partial charge in [0.05, 0.1) is 0 Å². The van der Waals surface area contributed by atoms with Crippen LogP contribution in [-0.2, 0) is 10.1 Å². The summed E-state index contributed by atoms with van der Waals surface area (Å²) in [7, 11) is -6.09. The van der Waals surface area contributed by atoms with Gasteiger partial charge in [0.25, 0.3) is 0 Å². The van der Waals surface area contributed by atoms with Gasteiger partial charge in [-0.05, 0) is 5.10 Å². The van der Waals surface area contributed by atoms with Crippen molar-refractivity contribution in [2.45, 2.75) is 5.51 Å². The average Bonchev–Trinajstić information content (AvgIpc) is 2.05. The van der Waals surface area contributed by atoms with Gasteiger partial charge in [-0.2, -0.15) is 13.2 Å². The molecule has 0 atom stereocenters. The Bertz CT molecular complexity index is 324. The van der Waals surface area contributed by atoms with Gasteiger partial charge in [0.15, 0.2) is 15.3 Å². The van der Waals surface area contributed by atoms with Crippen LogP contribution in [0.5, 0.6) is 0 Å². The predicted octanol–water partition coefficient (Wildman–Crippen LogP) is -1.26. The fourth-order valence-corrected chi connectivity index (χ4v) is 0.181. The van der Waals surface area contributed by atoms with E-state index in [4.69, 9.17) is 13.0 Å². The quantitative estimate of drug-likeness (QED) is 0.407. The Morgan fingerprint density at radius 2 is 1.86 bits per heavy atom. The van der Waals surface area contributed by atoms with E-state index in [0.717, 1.165) is 0 Å². The molecular weight excluding hydrogens is 229 g/mol. The predicted molar refractivity (Wildman–Crippen MR) is 32.1 cm³/mol. The lowest BCUT2D eigenvalue weighted by Gasteiger charge is -2.08. The second-order valence-electron chi connectivity index (χ2n) is 1.65. The Hall–Kier alpha value is -1.36. The standard InChI is InChI=1S/C2H2N4.CHF3O3S/c1-2-4-6-5-3-1;2-1(3,4)8(5,6)7/h1-2H;(H,5,6,7). The number of nitrogens with zero attached hydrogens (tertiary/aromatic N) is 3. The number of alkyl halides is 3. The lowest BCUT2D eigenvalue weighted by atomic mass is 11.0. The molecule has 0 aliphatic heterocycles. The van der Waals surface area contributed by atoms with Gasteiger partial charge in [-0.25, -0.2) is 8.42 Å². The maximum absolute atomic E-state index is 10.7. The van der Waals surface area contributed by atoms with Crippen LogP contribution < -0.4 is 5.10 Å². The molecule has 0 saturated heterocycles. The van der Waals surface area contributed by atoms with Crippen molar-refractivity contribution in [3.8, 4) is 0 Å². The van der Waals surface area contributed by atoms with E-state index in [1.165, 1.54) is 6.20 Å². The molecule has 1 aromatic heterocycles. The van der Waals surface area contributed by atoms with Crippen LogP contribution in [0.15, 0.2) is 12.4 Å². The number of hydrogen-bond donors (Lipinski definition) is 0. The van der Waals surface area contributed by atoms with Crippen molar-refractivity contribution in [1.29, 1.82) is 0 Å². The second-order valence-corrected chi connectivity index (χ2v) is 3.02. The lowest BCUT2D eigenvalue weighted by Crippen LogP contribution is -2.21. The molecule has 0 saturated carbocycles. The summed E-state index contributed by atoms with van der Waals surface area (Å²) in [6, 6.07) is 0. The molecule has 7 nitrogen and oxygen atoms in total. The summed E-state index contributed by atoms with van der Waals surface area (Å²) >= 11 is 0. The Labute approximate surface area is 75.7 Å². The van der Waals surface area contributed by atoms with Crippen LogP contribution >= 0.6 is 0 Å². The first kappa shape index (κ1) is 12.6. The molecule has 0 aliphatic rings. The van der Waals surface area contributed by atoms with Gasteiger partial charge in [-0.1, -0.05) is 0 Å². The first-order valence-corrected chi connectivity index (χ1v) is 4.18. The van der Waals surface area contributed by atoms with Crippen molar-refractivity contribution in [1.82, 2.24) is 15.5 Å². The molecule has 80 valence electrons. The molecule has 0 fully saturated rings. The van der Waals surface area contributed by atoms with E-state index in [0.29, 0.717) is 0 Å². The first-order chi connectivity index (χ1) is 6.25. The third-order valence-corrected chi connectivity index (χ3v) is 1.22. The smallest absolute Gasteiger partial charge is 0.485 e. The van der Waals surface area contributed by atoms with Crippen LogP contribution in [-0.4, -0.2) is 34.0 Å². The van der Waals surface area contributed by atoms with Gasteiger partial charge in [0.2, 0.25) is 5.21 Å². The SMILES string of the molecule is O=S(=O)([O-])C(F)(F)F.c1c[nH+]nnn1. The molecule has 0 amide bonds. The minimum atomic E-state index is -6.09. The summed E-state index contributed by atoms with van der Waals surface area (Å²) in [6.07, 6.45) is 3.11. The zero-order valence-corrected chi connectivity index (χ0v) is 7.08. The van der Waals surface area contributed by atoms with Crippen LogP contribution in [0, 0.1) is 0 Å². The maximum Gasteiger partial charge on any atom is 0.485 e. The van der Waals surface area contributed by atoms with E-state index in [1.807, 2.05) is 0 Å². The number of aromatic nitrogens is 4. The number of H-pyrrole nitrogens is 1. The van der Waals surface area contributed by atoms with Crippen LogP contribution in [0.2, 0.25) is 0 Å². The number of rotatable bonds is 0. The van der Waals surface area contributed by atoms with Crippen molar-refractivity contribution >= 4 is 10.1 Å². The van der Waals surface area contributed by atoms with E-state index in [1.54, 1.807) is 6.20 Å². The van der Waals surface area contributed by atoms with E-state index < -0.39 is 15.6 Å². The molecule has 0 radical (unpaired) electrons. The molecule has 1 N–H and O–H groups in total. The fraction of sp³-hybridized carbons (Fsp3) is 0.333. The highest BCUT2D eigenvalue weighted by atomic mass is 32.2. The molecular formula is C3H3F3N4O3S. The Kier molecular flexibility index (Phi) is 4.30. The van der Waals surface area contributed by atoms with Gasteiger partial charge < -0.3 is 4.55 Å². The minimum Gasteiger partial charge on any atom is -0.741 e. The second kappa shape index (κ2) is 4.76. The number of nitrogens with one attached hydrogen (secondary N) is 1. The summed E-state index contributed by atoms with van der Waals surface area (Å²) < 4.78 is 58.9. The summed E-state index contributed by atoms with van der Waals surface area (Å²) in [5, 5.41) is 12.4. The largest absolute Gasteiger partial charge is 0.741 e. The van der Waals surface area contributed by atoms with Crippen LogP contribution in [0.1, 0.15) is 0 Å². The Balaban J connectivity index is 0.000000249.